The molecule has 1 fully saturated rings. The Balaban J connectivity index is 1.99. The summed E-state index contributed by atoms with van der Waals surface area (Å²) >= 11 is 0. The number of aryl methyl sites for hydroxylation is 1. The van der Waals surface area contributed by atoms with Gasteiger partial charge >= 0.3 is 0 Å². The minimum atomic E-state index is 0.0720. The van der Waals surface area contributed by atoms with Crippen molar-refractivity contribution >= 4 is 0 Å². The van der Waals surface area contributed by atoms with Gasteiger partial charge in [0.05, 0.1) is 13.2 Å². The number of unbranched alkanes of at least 4 members (excludes halogenated alkanes) is 1. The maximum Gasteiger partial charge on any atom is 0.235 e. The average Bonchev–Trinajstić information content (AvgIpc) is 2.77. The highest BCUT2D eigenvalue weighted by atomic mass is 16.5. The van der Waals surface area contributed by atoms with Crippen LogP contribution in [0.15, 0.2) is 4.42 Å². The van der Waals surface area contributed by atoms with Crippen LogP contribution in [0.3, 0.4) is 0 Å². The standard InChI is InChI=1S/C12H17N3O2/c1-3-4-5-6-15-7-8-16-9-11(15)12-14-13-10(2)17-12/h1,11H,4-9H2,2H3. The van der Waals surface area contributed by atoms with Crippen LogP contribution in [0.2, 0.25) is 0 Å². The SMILES string of the molecule is C#CCCCN1CCOCC1c1nnc(C)o1. The molecule has 2 heterocycles. The van der Waals surface area contributed by atoms with Crippen molar-refractivity contribution in [2.75, 3.05) is 26.3 Å². The molecule has 1 aromatic rings. The van der Waals surface area contributed by atoms with E-state index in [1.165, 1.54) is 0 Å². The third-order valence-corrected chi connectivity index (χ3v) is 2.83. The van der Waals surface area contributed by atoms with Crippen molar-refractivity contribution < 1.29 is 9.15 Å². The molecule has 1 aliphatic heterocycles. The van der Waals surface area contributed by atoms with Gasteiger partial charge < -0.3 is 9.15 Å². The van der Waals surface area contributed by atoms with E-state index >= 15 is 0 Å². The van der Waals surface area contributed by atoms with Crippen LogP contribution in [-0.2, 0) is 4.74 Å². The molecule has 17 heavy (non-hydrogen) atoms. The first-order valence-electron chi connectivity index (χ1n) is 5.86. The fraction of sp³-hybridized carbons (Fsp3) is 0.667. The molecule has 0 aliphatic carbocycles. The summed E-state index contributed by atoms with van der Waals surface area (Å²) in [7, 11) is 0. The zero-order valence-electron chi connectivity index (χ0n) is 10.1. The Labute approximate surface area is 101 Å². The molecular weight excluding hydrogens is 218 g/mol. The van der Waals surface area contributed by atoms with E-state index < -0.39 is 0 Å². The van der Waals surface area contributed by atoms with E-state index in [0.717, 1.165) is 32.5 Å². The number of hydrogen-bond donors (Lipinski definition) is 0. The van der Waals surface area contributed by atoms with Gasteiger partial charge in [0.15, 0.2) is 0 Å². The quantitative estimate of drug-likeness (QED) is 0.579. The smallest absolute Gasteiger partial charge is 0.235 e. The van der Waals surface area contributed by atoms with Gasteiger partial charge in [-0.2, -0.15) is 0 Å². The normalized spacial score (nSPS) is 21.3. The lowest BCUT2D eigenvalue weighted by molar-refractivity contribution is -0.0185. The third kappa shape index (κ3) is 3.05. The first-order chi connectivity index (χ1) is 8.31. The summed E-state index contributed by atoms with van der Waals surface area (Å²) in [5.74, 6) is 3.89. The average molecular weight is 235 g/mol. The van der Waals surface area contributed by atoms with Crippen LogP contribution in [-0.4, -0.2) is 41.4 Å². The lowest BCUT2D eigenvalue weighted by atomic mass is 10.2. The van der Waals surface area contributed by atoms with E-state index in [1.54, 1.807) is 6.92 Å². The van der Waals surface area contributed by atoms with Crippen molar-refractivity contribution in [2.45, 2.75) is 25.8 Å². The molecule has 0 amide bonds. The Morgan fingerprint density at radius 3 is 3.12 bits per heavy atom. The Morgan fingerprint density at radius 2 is 2.41 bits per heavy atom. The third-order valence-electron chi connectivity index (χ3n) is 2.83. The maximum atomic E-state index is 5.48. The molecule has 0 spiro atoms. The van der Waals surface area contributed by atoms with E-state index in [-0.39, 0.29) is 6.04 Å². The number of morpholine rings is 1. The van der Waals surface area contributed by atoms with Crippen molar-refractivity contribution in [3.05, 3.63) is 11.8 Å². The van der Waals surface area contributed by atoms with Crippen LogP contribution in [0.4, 0.5) is 0 Å². The molecule has 0 saturated carbocycles. The van der Waals surface area contributed by atoms with Crippen molar-refractivity contribution in [1.29, 1.82) is 0 Å². The van der Waals surface area contributed by atoms with Gasteiger partial charge in [-0.05, 0) is 6.42 Å². The molecule has 1 unspecified atom stereocenters. The largest absolute Gasteiger partial charge is 0.424 e. The van der Waals surface area contributed by atoms with Gasteiger partial charge in [0, 0.05) is 26.4 Å². The number of hydrogen-bond acceptors (Lipinski definition) is 5. The molecule has 0 bridgehead atoms. The summed E-state index contributed by atoms with van der Waals surface area (Å²) in [5, 5.41) is 7.93. The number of nitrogens with zero attached hydrogens (tertiary/aromatic N) is 3. The Bertz CT molecular complexity index is 397. The minimum absolute atomic E-state index is 0.0720. The van der Waals surface area contributed by atoms with Gasteiger partial charge in [0.2, 0.25) is 11.8 Å². The summed E-state index contributed by atoms with van der Waals surface area (Å²) in [6.07, 6.45) is 7.04. The second-order valence-corrected chi connectivity index (χ2v) is 4.09. The van der Waals surface area contributed by atoms with Crippen molar-refractivity contribution in [3.8, 4) is 12.3 Å². The van der Waals surface area contributed by atoms with E-state index in [4.69, 9.17) is 15.6 Å². The van der Waals surface area contributed by atoms with Crippen LogP contribution in [0, 0.1) is 19.3 Å². The molecule has 0 radical (unpaired) electrons. The zero-order chi connectivity index (χ0) is 12.1. The minimum Gasteiger partial charge on any atom is -0.424 e. The van der Waals surface area contributed by atoms with Crippen LogP contribution in [0.1, 0.15) is 30.7 Å². The monoisotopic (exact) mass is 235 g/mol. The van der Waals surface area contributed by atoms with E-state index in [1.807, 2.05) is 0 Å². The number of rotatable bonds is 4. The first-order valence-corrected chi connectivity index (χ1v) is 5.86. The van der Waals surface area contributed by atoms with Gasteiger partial charge in [-0.25, -0.2) is 0 Å². The Hall–Kier alpha value is -1.38. The Morgan fingerprint density at radius 1 is 1.53 bits per heavy atom. The summed E-state index contributed by atoms with van der Waals surface area (Å²) < 4.78 is 10.9. The molecule has 5 heteroatoms. The predicted octanol–water partition coefficient (Wildman–Crippen LogP) is 1.16. The van der Waals surface area contributed by atoms with Gasteiger partial charge in [0.25, 0.3) is 0 Å². The highest BCUT2D eigenvalue weighted by Crippen LogP contribution is 2.23. The zero-order valence-corrected chi connectivity index (χ0v) is 10.1. The van der Waals surface area contributed by atoms with E-state index in [2.05, 4.69) is 21.0 Å². The molecule has 1 aromatic heterocycles. The second-order valence-electron chi connectivity index (χ2n) is 4.09. The maximum absolute atomic E-state index is 5.48. The molecule has 1 saturated heterocycles. The fourth-order valence-electron chi connectivity index (χ4n) is 1.96. The molecule has 5 nitrogen and oxygen atoms in total. The molecule has 0 aromatic carbocycles. The lowest BCUT2D eigenvalue weighted by Crippen LogP contribution is -2.40. The van der Waals surface area contributed by atoms with Crippen LogP contribution in [0.25, 0.3) is 0 Å². The molecular formula is C12H17N3O2. The molecule has 2 rings (SSSR count). The van der Waals surface area contributed by atoms with Crippen LogP contribution < -0.4 is 0 Å². The lowest BCUT2D eigenvalue weighted by Gasteiger charge is -2.33. The first kappa shape index (κ1) is 12.1. The number of ether oxygens (including phenoxy) is 1. The van der Waals surface area contributed by atoms with E-state index in [9.17, 15) is 0 Å². The predicted molar refractivity (Wildman–Crippen MR) is 62.2 cm³/mol. The summed E-state index contributed by atoms with van der Waals surface area (Å²) in [6, 6.07) is 0.0720. The molecule has 0 N–H and O–H groups in total. The topological polar surface area (TPSA) is 51.4 Å². The Kier molecular flexibility index (Phi) is 4.13. The van der Waals surface area contributed by atoms with Crippen LogP contribution >= 0.6 is 0 Å². The van der Waals surface area contributed by atoms with E-state index in [0.29, 0.717) is 18.4 Å². The fourth-order valence-corrected chi connectivity index (χ4v) is 1.96. The van der Waals surface area contributed by atoms with Crippen molar-refractivity contribution in [1.82, 2.24) is 15.1 Å². The summed E-state index contributed by atoms with van der Waals surface area (Å²) in [6.45, 7) is 4.98. The van der Waals surface area contributed by atoms with Gasteiger partial charge in [0.1, 0.15) is 6.04 Å². The van der Waals surface area contributed by atoms with Gasteiger partial charge in [-0.15, -0.1) is 22.5 Å². The van der Waals surface area contributed by atoms with Crippen molar-refractivity contribution in [3.63, 3.8) is 0 Å². The van der Waals surface area contributed by atoms with Crippen LogP contribution in [0.5, 0.6) is 0 Å². The summed E-state index contributed by atoms with van der Waals surface area (Å²) in [5.41, 5.74) is 0. The summed E-state index contributed by atoms with van der Waals surface area (Å²) in [4.78, 5) is 2.30. The number of terminal acetylenes is 1. The molecule has 1 atom stereocenters. The van der Waals surface area contributed by atoms with Gasteiger partial charge in [-0.3, -0.25) is 4.90 Å². The second kappa shape index (κ2) is 5.80. The van der Waals surface area contributed by atoms with Gasteiger partial charge in [-0.1, -0.05) is 0 Å². The highest BCUT2D eigenvalue weighted by molar-refractivity contribution is 4.93. The number of aromatic nitrogens is 2. The highest BCUT2D eigenvalue weighted by Gasteiger charge is 2.28. The van der Waals surface area contributed by atoms with Crippen molar-refractivity contribution in [2.24, 2.45) is 0 Å². The molecule has 92 valence electrons. The molecule has 1 aliphatic rings.